The van der Waals surface area contributed by atoms with Gasteiger partial charge in [-0.15, -0.1) is 0 Å². The second-order valence-electron chi connectivity index (χ2n) is 14.8. The van der Waals surface area contributed by atoms with Crippen LogP contribution in [0.1, 0.15) is 69.1 Å². The van der Waals surface area contributed by atoms with Crippen molar-refractivity contribution < 1.29 is 43.6 Å². The first-order chi connectivity index (χ1) is 27.1. The summed E-state index contributed by atoms with van der Waals surface area (Å²) in [4.78, 5) is 51.5. The molecule has 0 aliphatic carbocycles. The zero-order valence-electron chi connectivity index (χ0n) is 34.0. The molecule has 0 spiro atoms. The number of amides is 3. The van der Waals surface area contributed by atoms with Crippen LogP contribution in [0.2, 0.25) is 0 Å². The molecule has 3 amide bonds. The van der Waals surface area contributed by atoms with Crippen molar-refractivity contribution >= 4 is 41.4 Å². The monoisotopic (exact) mass is 795 g/mol. The zero-order chi connectivity index (χ0) is 40.1. The fourth-order valence-corrected chi connectivity index (χ4v) is 6.86. The van der Waals surface area contributed by atoms with Crippen molar-refractivity contribution in [3.05, 3.63) is 108 Å². The number of rotatable bonds is 9. The molecule has 3 heterocycles. The van der Waals surface area contributed by atoms with Crippen molar-refractivity contribution in [2.75, 3.05) is 39.3 Å². The Labute approximate surface area is 348 Å². The molecule has 14 heteroatoms. The Bertz CT molecular complexity index is 1530. The van der Waals surface area contributed by atoms with Gasteiger partial charge in [0, 0.05) is 73.8 Å². The van der Waals surface area contributed by atoms with E-state index in [1.807, 2.05) is 91.0 Å². The third-order valence-electron chi connectivity index (χ3n) is 10.3. The van der Waals surface area contributed by atoms with Gasteiger partial charge in [-0.1, -0.05) is 91.0 Å². The van der Waals surface area contributed by atoms with Crippen LogP contribution in [0, 0.1) is 17.8 Å². The Morgan fingerprint density at radius 3 is 1.19 bits per heavy atom. The minimum absolute atomic E-state index is 0. The highest BCUT2D eigenvalue weighted by Gasteiger charge is 2.29. The molecule has 0 unspecified atom stereocenters. The lowest BCUT2D eigenvalue weighted by Crippen LogP contribution is -2.43. The largest absolute Gasteiger partial charge is 0.445 e. The molecule has 3 aliphatic heterocycles. The second kappa shape index (κ2) is 27.0. The average molecular weight is 796 g/mol. The summed E-state index contributed by atoms with van der Waals surface area (Å²) in [7, 11) is 0. The molecule has 12 nitrogen and oxygen atoms in total. The third-order valence-corrected chi connectivity index (χ3v) is 10.3. The lowest BCUT2D eigenvalue weighted by atomic mass is 9.94. The Morgan fingerprint density at radius 2 is 0.879 bits per heavy atom. The van der Waals surface area contributed by atoms with Gasteiger partial charge in [0.1, 0.15) is 26.1 Å². The summed E-state index contributed by atoms with van der Waals surface area (Å²) in [5.41, 5.74) is 2.94. The fourth-order valence-electron chi connectivity index (χ4n) is 6.86. The van der Waals surface area contributed by atoms with Crippen LogP contribution in [-0.4, -0.2) is 118 Å². The normalized spacial score (nSPS) is 19.7. The molecule has 5 atom stereocenters. The van der Waals surface area contributed by atoms with Crippen molar-refractivity contribution in [2.45, 2.75) is 84.4 Å². The maximum Gasteiger partial charge on any atom is 0.410 e. The molecule has 6 rings (SSSR count). The number of carbonyl (C=O) groups is 4. The van der Waals surface area contributed by atoms with Crippen molar-refractivity contribution in [1.29, 1.82) is 0 Å². The molecular weight excluding hydrogens is 736 g/mol. The van der Waals surface area contributed by atoms with E-state index < -0.39 is 0 Å². The number of hydrogen-bond acceptors (Lipinski definition) is 9. The number of ether oxygens (including phenoxy) is 3. The van der Waals surface area contributed by atoms with Gasteiger partial charge < -0.3 is 43.9 Å². The van der Waals surface area contributed by atoms with Gasteiger partial charge in [0.2, 0.25) is 0 Å². The SMILES string of the molecule is C[C@@H](O)[C@@H]1CCCN(C(=O)OCc2ccccc2)C1.C[C@H](O)[C@@H]1CCCN(C(=O)OCc2ccccc2)C1.O=C[C@@H]1CCCN(C(=O)OCc2ccccc2)C1.[B].[B]. The second-order valence-corrected chi connectivity index (χ2v) is 14.8. The quantitative estimate of drug-likeness (QED) is 0.145. The molecule has 58 heavy (non-hydrogen) atoms. The lowest BCUT2D eigenvalue weighted by Gasteiger charge is -2.33. The third kappa shape index (κ3) is 17.4. The molecule has 3 aliphatic rings. The van der Waals surface area contributed by atoms with Crippen LogP contribution >= 0.6 is 0 Å². The summed E-state index contributed by atoms with van der Waals surface area (Å²) in [6, 6.07) is 28.9. The van der Waals surface area contributed by atoms with Gasteiger partial charge in [0.05, 0.1) is 12.2 Å². The van der Waals surface area contributed by atoms with E-state index in [0.29, 0.717) is 39.4 Å². The van der Waals surface area contributed by atoms with Crippen LogP contribution in [0.25, 0.3) is 0 Å². The smallest absolute Gasteiger partial charge is 0.410 e. The number of nitrogens with zero attached hydrogens (tertiary/aromatic N) is 3. The van der Waals surface area contributed by atoms with Crippen molar-refractivity contribution in [1.82, 2.24) is 14.7 Å². The Balaban J connectivity index is 0.000000295. The van der Waals surface area contributed by atoms with Gasteiger partial charge in [-0.2, -0.15) is 0 Å². The van der Waals surface area contributed by atoms with Crippen LogP contribution in [-0.2, 0) is 38.8 Å². The van der Waals surface area contributed by atoms with Gasteiger partial charge in [0.25, 0.3) is 0 Å². The van der Waals surface area contributed by atoms with Crippen LogP contribution in [0.5, 0.6) is 0 Å². The van der Waals surface area contributed by atoms with Gasteiger partial charge >= 0.3 is 18.3 Å². The molecule has 0 aromatic heterocycles. The molecule has 310 valence electrons. The Hall–Kier alpha value is -4.81. The van der Waals surface area contributed by atoms with Crippen LogP contribution < -0.4 is 0 Å². The topological polar surface area (TPSA) is 146 Å². The highest BCUT2D eigenvalue weighted by Crippen LogP contribution is 2.22. The number of benzene rings is 3. The maximum atomic E-state index is 12.0. The summed E-state index contributed by atoms with van der Waals surface area (Å²) in [5.74, 6) is 0.291. The Morgan fingerprint density at radius 1 is 0.569 bits per heavy atom. The van der Waals surface area contributed by atoms with Crippen LogP contribution in [0.4, 0.5) is 14.4 Å². The van der Waals surface area contributed by atoms with E-state index in [1.54, 1.807) is 28.5 Å². The highest BCUT2D eigenvalue weighted by atomic mass is 16.6. The molecule has 3 saturated heterocycles. The van der Waals surface area contributed by atoms with Gasteiger partial charge in [-0.25, -0.2) is 14.4 Å². The van der Waals surface area contributed by atoms with Gasteiger partial charge in [-0.3, -0.25) is 0 Å². The maximum absolute atomic E-state index is 12.0. The minimum atomic E-state index is -0.371. The summed E-state index contributed by atoms with van der Waals surface area (Å²) < 4.78 is 15.8. The summed E-state index contributed by atoms with van der Waals surface area (Å²) in [6.07, 6.45) is 4.82. The van der Waals surface area contributed by atoms with E-state index in [0.717, 1.165) is 74.6 Å². The van der Waals surface area contributed by atoms with E-state index >= 15 is 0 Å². The van der Waals surface area contributed by atoms with Gasteiger partial charge in [0.15, 0.2) is 0 Å². The number of piperidine rings is 3. The molecule has 3 aromatic carbocycles. The average Bonchev–Trinajstić information content (AvgIpc) is 3.25. The van der Waals surface area contributed by atoms with E-state index in [9.17, 15) is 29.4 Å². The molecule has 3 aromatic rings. The van der Waals surface area contributed by atoms with Crippen molar-refractivity contribution in [2.24, 2.45) is 17.8 Å². The standard InChI is InChI=1S/2C15H21NO3.C14H17NO3.2B/c2*1-12(17)14-8-5-9-16(10-14)15(18)19-11-13-6-3-2-4-7-13;16-10-13-7-4-8-15(9-13)14(17)18-11-12-5-2-1-3-6-12;;/h2*2-4,6-7,12,14,17H,5,8-11H2,1H3;1-3,5-6,10,13H,4,7-9,11H2;;/t12-,14+;12-,14-;13-;;/m011../s1. The number of aldehydes is 1. The number of aliphatic hydroxyl groups excluding tert-OH is 2. The molecule has 3 fully saturated rings. The summed E-state index contributed by atoms with van der Waals surface area (Å²) in [5, 5.41) is 19.2. The van der Waals surface area contributed by atoms with E-state index in [1.165, 1.54) is 0 Å². The van der Waals surface area contributed by atoms with Crippen LogP contribution in [0.15, 0.2) is 91.0 Å². The molecular formula is C44H59B2N3O9. The predicted octanol–water partition coefficient (Wildman–Crippen LogP) is 6.30. The van der Waals surface area contributed by atoms with E-state index in [2.05, 4.69) is 0 Å². The predicted molar refractivity (Wildman–Crippen MR) is 224 cm³/mol. The number of carbonyl (C=O) groups excluding carboxylic acids is 4. The lowest BCUT2D eigenvalue weighted by molar-refractivity contribution is -0.112. The number of hydrogen-bond donors (Lipinski definition) is 2. The first kappa shape index (κ1) is 49.3. The highest BCUT2D eigenvalue weighted by molar-refractivity contribution is 5.76. The molecule has 2 N–H and O–H groups in total. The zero-order valence-corrected chi connectivity index (χ0v) is 34.0. The van der Waals surface area contributed by atoms with E-state index in [-0.39, 0.29) is 71.7 Å². The molecule has 0 saturated carbocycles. The first-order valence-electron chi connectivity index (χ1n) is 19.8. The Kier molecular flexibility index (Phi) is 23.0. The minimum Gasteiger partial charge on any atom is -0.445 e. The van der Waals surface area contributed by atoms with Crippen molar-refractivity contribution in [3.8, 4) is 0 Å². The summed E-state index contributed by atoms with van der Waals surface area (Å²) in [6.45, 7) is 8.22. The first-order valence-corrected chi connectivity index (χ1v) is 19.8. The summed E-state index contributed by atoms with van der Waals surface area (Å²) >= 11 is 0. The van der Waals surface area contributed by atoms with Crippen molar-refractivity contribution in [3.63, 3.8) is 0 Å². The molecule has 6 radical (unpaired) electrons. The molecule has 0 bridgehead atoms. The van der Waals surface area contributed by atoms with Crippen LogP contribution in [0.3, 0.4) is 0 Å². The number of aliphatic hydroxyl groups is 2. The number of likely N-dealkylation sites (tertiary alicyclic amines) is 3. The fraction of sp³-hybridized carbons (Fsp3) is 0.500. The van der Waals surface area contributed by atoms with Gasteiger partial charge in [-0.05, 0) is 69.1 Å². The van der Waals surface area contributed by atoms with E-state index in [4.69, 9.17) is 14.2 Å².